The highest BCUT2D eigenvalue weighted by atomic mass is 35.5. The summed E-state index contributed by atoms with van der Waals surface area (Å²) in [6.45, 7) is 5.42. The van der Waals surface area contributed by atoms with Crippen molar-refractivity contribution in [2.24, 2.45) is 5.92 Å². The summed E-state index contributed by atoms with van der Waals surface area (Å²) in [5.41, 5.74) is 0.919. The molecule has 2 aliphatic rings. The molecular formula is C12H18ClNO3S. The highest BCUT2D eigenvalue weighted by Gasteiger charge is 2.74. The van der Waals surface area contributed by atoms with Gasteiger partial charge in [-0.3, -0.25) is 4.79 Å². The Balaban J connectivity index is 2.40. The van der Waals surface area contributed by atoms with E-state index in [0.29, 0.717) is 17.2 Å². The van der Waals surface area contributed by atoms with Crippen LogP contribution in [0.4, 0.5) is 0 Å². The van der Waals surface area contributed by atoms with E-state index in [9.17, 15) is 14.5 Å². The predicted molar refractivity (Wildman–Crippen MR) is 71.7 cm³/mol. The number of fused-ring (bicyclic) bond motifs is 1. The summed E-state index contributed by atoms with van der Waals surface area (Å²) in [6, 6.07) is -0.318. The number of halogens is 1. The van der Waals surface area contributed by atoms with Crippen molar-refractivity contribution in [1.29, 1.82) is 0 Å². The molecule has 0 radical (unpaired) electrons. The van der Waals surface area contributed by atoms with Crippen molar-refractivity contribution in [1.82, 2.24) is 5.32 Å². The van der Waals surface area contributed by atoms with Crippen LogP contribution in [-0.4, -0.2) is 38.3 Å². The molecular weight excluding hydrogens is 274 g/mol. The molecule has 2 rings (SSSR count). The van der Waals surface area contributed by atoms with Gasteiger partial charge in [0.25, 0.3) is 10.7 Å². The largest absolute Gasteiger partial charge is 0.611 e. The number of rotatable bonds is 4. The van der Waals surface area contributed by atoms with E-state index in [-0.39, 0.29) is 17.9 Å². The predicted octanol–water partition coefficient (Wildman–Crippen LogP) is 0.906. The van der Waals surface area contributed by atoms with E-state index in [1.807, 2.05) is 13.8 Å². The van der Waals surface area contributed by atoms with Gasteiger partial charge < -0.3 is 15.0 Å². The zero-order valence-corrected chi connectivity index (χ0v) is 12.3. The van der Waals surface area contributed by atoms with Crippen molar-refractivity contribution in [3.8, 4) is 0 Å². The van der Waals surface area contributed by atoms with Crippen LogP contribution in [-0.2, 0) is 16.0 Å². The molecule has 0 aromatic carbocycles. The highest BCUT2D eigenvalue weighted by Crippen LogP contribution is 2.50. The molecule has 0 saturated carbocycles. The van der Waals surface area contributed by atoms with Gasteiger partial charge >= 0.3 is 0 Å². The lowest BCUT2D eigenvalue weighted by Gasteiger charge is -2.47. The highest BCUT2D eigenvalue weighted by molar-refractivity contribution is 7.98. The molecule has 4 atom stereocenters. The number of hydrogen-bond donors (Lipinski definition) is 2. The van der Waals surface area contributed by atoms with Crippen LogP contribution < -0.4 is 5.32 Å². The second kappa shape index (κ2) is 4.71. The second-order valence-corrected chi connectivity index (χ2v) is 7.38. The summed E-state index contributed by atoms with van der Waals surface area (Å²) in [4.78, 5) is 12.7. The second-order valence-electron chi connectivity index (χ2n) is 5.18. The quantitative estimate of drug-likeness (QED) is 0.459. The number of allylic oxidation sites excluding steroid dienone is 1. The topological polar surface area (TPSA) is 72.4 Å². The van der Waals surface area contributed by atoms with Crippen molar-refractivity contribution in [2.75, 3.05) is 5.88 Å². The Kier molecular flexibility index (Phi) is 3.71. The van der Waals surface area contributed by atoms with Crippen LogP contribution in [0, 0.1) is 5.92 Å². The summed E-state index contributed by atoms with van der Waals surface area (Å²) < 4.78 is 11.3. The third kappa shape index (κ3) is 1.57. The third-order valence-electron chi connectivity index (χ3n) is 3.88. The van der Waals surface area contributed by atoms with Gasteiger partial charge in [-0.25, -0.2) is 0 Å². The van der Waals surface area contributed by atoms with E-state index < -0.39 is 22.0 Å². The molecule has 4 nitrogen and oxygen atoms in total. The Morgan fingerprint density at radius 3 is 2.67 bits per heavy atom. The fourth-order valence-electron chi connectivity index (χ4n) is 2.85. The van der Waals surface area contributed by atoms with Crippen molar-refractivity contribution in [2.45, 2.75) is 44.1 Å². The number of carbonyl (C=O) groups excluding carboxylic acids is 1. The number of nitrogens with one attached hydrogen (secondary N) is 1. The molecule has 18 heavy (non-hydrogen) atoms. The Bertz CT molecular complexity index is 412. The molecule has 2 N–H and O–H groups in total. The molecule has 2 aliphatic heterocycles. The summed E-state index contributed by atoms with van der Waals surface area (Å²) in [5, 5.41) is 13.1. The average Bonchev–Trinajstić information content (AvgIpc) is 2.47. The maximum absolute atomic E-state index is 12.5. The number of hydrogen-bond acceptors (Lipinski definition) is 3. The molecule has 6 heteroatoms. The summed E-state index contributed by atoms with van der Waals surface area (Å²) in [7, 11) is 0. The van der Waals surface area contributed by atoms with Crippen LogP contribution in [0.15, 0.2) is 10.5 Å². The first-order valence-corrected chi connectivity index (χ1v) is 7.74. The van der Waals surface area contributed by atoms with Crippen LogP contribution >= 0.6 is 11.6 Å². The lowest BCUT2D eigenvalue weighted by molar-refractivity contribution is -0.137. The molecule has 2 heterocycles. The molecule has 0 aliphatic carbocycles. The van der Waals surface area contributed by atoms with E-state index in [4.69, 9.17) is 11.6 Å². The molecule has 0 aromatic heterocycles. The van der Waals surface area contributed by atoms with Crippen molar-refractivity contribution < 1.29 is 14.5 Å². The molecule has 1 unspecified atom stereocenters. The van der Waals surface area contributed by atoms with E-state index >= 15 is 0 Å². The number of aliphatic hydroxyl groups is 1. The maximum Gasteiger partial charge on any atom is 0.282 e. The lowest BCUT2D eigenvalue weighted by atomic mass is 9.76. The summed E-state index contributed by atoms with van der Waals surface area (Å²) in [5.74, 6) is -0.00834. The minimum Gasteiger partial charge on any atom is -0.611 e. The smallest absolute Gasteiger partial charge is 0.282 e. The molecule has 0 bridgehead atoms. The zero-order valence-electron chi connectivity index (χ0n) is 10.7. The van der Waals surface area contributed by atoms with Crippen molar-refractivity contribution in [3.63, 3.8) is 0 Å². The van der Waals surface area contributed by atoms with Gasteiger partial charge in [0.1, 0.15) is 17.1 Å². The monoisotopic (exact) mass is 291 g/mol. The van der Waals surface area contributed by atoms with Crippen LogP contribution in [0.25, 0.3) is 0 Å². The summed E-state index contributed by atoms with van der Waals surface area (Å²) >= 11 is 4.28. The maximum atomic E-state index is 12.5. The Morgan fingerprint density at radius 2 is 2.22 bits per heavy atom. The number of alkyl halides is 1. The number of β-lactam (4-membered cyclic amide) rings is 1. The van der Waals surface area contributed by atoms with Gasteiger partial charge in [-0.15, -0.1) is 11.6 Å². The molecule has 1 fully saturated rings. The van der Waals surface area contributed by atoms with E-state index in [0.717, 1.165) is 5.57 Å². The van der Waals surface area contributed by atoms with Gasteiger partial charge in [-0.05, 0) is 12.3 Å². The minimum atomic E-state index is -1.47. The fourth-order valence-corrected chi connectivity index (χ4v) is 5.15. The van der Waals surface area contributed by atoms with Crippen LogP contribution in [0.2, 0.25) is 0 Å². The zero-order chi connectivity index (χ0) is 13.7. The van der Waals surface area contributed by atoms with E-state index in [1.165, 1.54) is 0 Å². The average molecular weight is 292 g/mol. The standard InChI is InChI=1S/C12H18ClNO3S/c1-6(2)10(15)12-9(14-11(12)16)8(4-5-13)7(3)18(12)17/h6,9-10,15H,4-5H2,1-3H3,(H,14,16)/t9-,10-,12-,18?/m0/s1. The van der Waals surface area contributed by atoms with Crippen LogP contribution in [0.3, 0.4) is 0 Å². The fraction of sp³-hybridized carbons (Fsp3) is 0.750. The first-order chi connectivity index (χ1) is 8.38. The Hall–Kier alpha value is -0.230. The van der Waals surface area contributed by atoms with Gasteiger partial charge in [0.2, 0.25) is 0 Å². The molecule has 0 spiro atoms. The van der Waals surface area contributed by atoms with Gasteiger partial charge in [0.15, 0.2) is 0 Å². The lowest BCUT2D eigenvalue weighted by Crippen LogP contribution is -2.78. The third-order valence-corrected chi connectivity index (χ3v) is 6.16. The van der Waals surface area contributed by atoms with Crippen LogP contribution in [0.1, 0.15) is 27.2 Å². The Labute approximate surface area is 115 Å². The van der Waals surface area contributed by atoms with Gasteiger partial charge in [0.05, 0.1) is 0 Å². The van der Waals surface area contributed by atoms with Crippen LogP contribution in [0.5, 0.6) is 0 Å². The van der Waals surface area contributed by atoms with E-state index in [2.05, 4.69) is 5.32 Å². The normalized spacial score (nSPS) is 36.5. The Morgan fingerprint density at radius 1 is 1.61 bits per heavy atom. The first-order valence-electron chi connectivity index (χ1n) is 6.05. The molecule has 0 aromatic rings. The number of amides is 1. The van der Waals surface area contributed by atoms with Crippen molar-refractivity contribution >= 4 is 28.7 Å². The molecule has 1 saturated heterocycles. The molecule has 102 valence electrons. The van der Waals surface area contributed by atoms with Gasteiger partial charge in [-0.1, -0.05) is 13.8 Å². The minimum absolute atomic E-state index is 0.120. The van der Waals surface area contributed by atoms with Gasteiger partial charge in [-0.2, -0.15) is 0 Å². The van der Waals surface area contributed by atoms with Gasteiger partial charge in [0, 0.05) is 29.6 Å². The summed E-state index contributed by atoms with van der Waals surface area (Å²) in [6.07, 6.45) is -0.309. The first kappa shape index (κ1) is 14.2. The van der Waals surface area contributed by atoms with Crippen molar-refractivity contribution in [3.05, 3.63) is 10.5 Å². The number of aliphatic hydroxyl groups excluding tert-OH is 1. The molecule has 1 amide bonds. The van der Waals surface area contributed by atoms with E-state index in [1.54, 1.807) is 6.92 Å². The SMILES string of the molecule is CC1=C(CCCl)[C@@H]2NC(=O)[C@]2([C@@H](O)C(C)C)[S+]1[O-]. The number of carbonyl (C=O) groups is 1.